The molecule has 0 spiro atoms. The first-order valence-corrected chi connectivity index (χ1v) is 6.65. The highest BCUT2D eigenvalue weighted by molar-refractivity contribution is 7.22. The SMILES string of the molecule is CC(=P)c1ccc(C)c(C)c1.CCCCC. The van der Waals surface area contributed by atoms with Crippen LogP contribution in [0.5, 0.6) is 0 Å². The zero-order valence-corrected chi connectivity index (χ0v) is 12.4. The zero-order chi connectivity index (χ0) is 12.6. The quantitative estimate of drug-likeness (QED) is 0.634. The fourth-order valence-corrected chi connectivity index (χ4v) is 1.48. The Morgan fingerprint density at radius 2 is 1.62 bits per heavy atom. The van der Waals surface area contributed by atoms with Gasteiger partial charge in [-0.1, -0.05) is 51.3 Å². The fourth-order valence-electron chi connectivity index (χ4n) is 1.33. The summed E-state index contributed by atoms with van der Waals surface area (Å²) in [5.74, 6) is 0. The van der Waals surface area contributed by atoms with Crippen molar-refractivity contribution in [2.45, 2.75) is 53.9 Å². The summed E-state index contributed by atoms with van der Waals surface area (Å²) in [5.41, 5.74) is 3.96. The zero-order valence-electron chi connectivity index (χ0n) is 11.4. The van der Waals surface area contributed by atoms with Gasteiger partial charge in [0, 0.05) is 0 Å². The molecule has 0 saturated carbocycles. The van der Waals surface area contributed by atoms with E-state index >= 15 is 0 Å². The number of hydrogen-bond donors (Lipinski definition) is 0. The smallest absolute Gasteiger partial charge is 0.0185 e. The highest BCUT2D eigenvalue weighted by Crippen LogP contribution is 2.10. The summed E-state index contributed by atoms with van der Waals surface area (Å²) in [6.07, 6.45) is 4.08. The fraction of sp³-hybridized carbons (Fsp3) is 0.533. The maximum Gasteiger partial charge on any atom is -0.0185 e. The van der Waals surface area contributed by atoms with E-state index in [2.05, 4.69) is 61.7 Å². The van der Waals surface area contributed by atoms with Gasteiger partial charge in [0.25, 0.3) is 0 Å². The number of benzene rings is 1. The van der Waals surface area contributed by atoms with Crippen molar-refractivity contribution in [3.8, 4) is 0 Å². The number of aryl methyl sites for hydroxylation is 2. The van der Waals surface area contributed by atoms with Gasteiger partial charge in [-0.05, 0) is 42.8 Å². The van der Waals surface area contributed by atoms with E-state index in [0.29, 0.717) is 0 Å². The molecule has 0 N–H and O–H groups in total. The molecule has 0 aliphatic heterocycles. The van der Waals surface area contributed by atoms with Crippen LogP contribution < -0.4 is 0 Å². The van der Waals surface area contributed by atoms with Gasteiger partial charge in [0.2, 0.25) is 0 Å². The van der Waals surface area contributed by atoms with Crippen LogP contribution in [0, 0.1) is 13.8 Å². The number of rotatable bonds is 3. The molecule has 90 valence electrons. The van der Waals surface area contributed by atoms with Crippen LogP contribution in [0.4, 0.5) is 0 Å². The van der Waals surface area contributed by atoms with Crippen LogP contribution in [0.1, 0.15) is 56.7 Å². The number of hydrogen-bond acceptors (Lipinski definition) is 0. The topological polar surface area (TPSA) is 0 Å². The van der Waals surface area contributed by atoms with Gasteiger partial charge < -0.3 is 0 Å². The van der Waals surface area contributed by atoms with E-state index in [1.807, 2.05) is 0 Å². The molecule has 1 aromatic rings. The minimum Gasteiger partial charge on any atom is -0.118 e. The minimum atomic E-state index is 1.19. The summed E-state index contributed by atoms with van der Waals surface area (Å²) in [4.78, 5) is 0. The molecule has 0 radical (unpaired) electrons. The lowest BCUT2D eigenvalue weighted by Crippen LogP contribution is -1.91. The maximum absolute atomic E-state index is 3.51. The standard InChI is InChI=1S/C10H13P.C5H12/c1-7-4-5-10(9(3)11)6-8(7)2;1-3-5-4-2/h4-6,11H,1-3H3;3-5H2,1-2H3. The normalized spacial score (nSPS) is 9.31. The van der Waals surface area contributed by atoms with Gasteiger partial charge in [-0.15, -0.1) is 8.86 Å². The van der Waals surface area contributed by atoms with Crippen LogP contribution in [-0.2, 0) is 0 Å². The Morgan fingerprint density at radius 1 is 1.06 bits per heavy atom. The molecule has 16 heavy (non-hydrogen) atoms. The van der Waals surface area contributed by atoms with Gasteiger partial charge in [0.05, 0.1) is 0 Å². The third kappa shape index (κ3) is 6.08. The molecule has 0 fully saturated rings. The Kier molecular flexibility index (Phi) is 8.21. The van der Waals surface area contributed by atoms with Gasteiger partial charge in [-0.25, -0.2) is 0 Å². The van der Waals surface area contributed by atoms with Crippen molar-refractivity contribution in [3.05, 3.63) is 34.9 Å². The minimum absolute atomic E-state index is 1.19. The maximum atomic E-state index is 3.51. The molecular weight excluding hydrogens is 211 g/mol. The Hall–Kier alpha value is -0.610. The first kappa shape index (κ1) is 15.4. The first-order valence-electron chi connectivity index (χ1n) is 6.15. The van der Waals surface area contributed by atoms with Crippen molar-refractivity contribution in [1.29, 1.82) is 0 Å². The molecule has 0 unspecified atom stereocenters. The average molecular weight is 236 g/mol. The van der Waals surface area contributed by atoms with Crippen LogP contribution in [0.15, 0.2) is 18.2 Å². The van der Waals surface area contributed by atoms with Gasteiger partial charge in [-0.2, -0.15) is 0 Å². The number of unbranched alkanes of at least 4 members (excludes halogenated alkanes) is 2. The van der Waals surface area contributed by atoms with E-state index in [-0.39, 0.29) is 0 Å². The molecule has 0 aliphatic rings. The molecule has 0 heterocycles. The van der Waals surface area contributed by atoms with Crippen molar-refractivity contribution in [3.63, 3.8) is 0 Å². The third-order valence-electron chi connectivity index (χ3n) is 2.65. The summed E-state index contributed by atoms with van der Waals surface area (Å²) < 4.78 is 0. The molecular formula is C15H25P. The molecule has 1 heteroatoms. The highest BCUT2D eigenvalue weighted by Gasteiger charge is 1.95. The van der Waals surface area contributed by atoms with Crippen LogP contribution >= 0.6 is 8.86 Å². The molecule has 1 rings (SSSR count). The Bertz CT molecular complexity index is 324. The summed E-state index contributed by atoms with van der Waals surface area (Å²) in [5, 5.41) is 1.19. The molecule has 0 aromatic heterocycles. The molecule has 0 bridgehead atoms. The average Bonchev–Trinajstić information content (AvgIpc) is 2.24. The van der Waals surface area contributed by atoms with Gasteiger partial charge in [0.1, 0.15) is 0 Å². The van der Waals surface area contributed by atoms with E-state index in [9.17, 15) is 0 Å². The Labute approximate surface area is 103 Å². The summed E-state index contributed by atoms with van der Waals surface area (Å²) >= 11 is 0. The predicted molar refractivity (Wildman–Crippen MR) is 79.2 cm³/mol. The van der Waals surface area contributed by atoms with Gasteiger partial charge in [-0.3, -0.25) is 0 Å². The van der Waals surface area contributed by atoms with E-state index < -0.39 is 0 Å². The molecule has 0 nitrogen and oxygen atoms in total. The van der Waals surface area contributed by atoms with Crippen LogP contribution in [0.2, 0.25) is 0 Å². The molecule has 1 aromatic carbocycles. The van der Waals surface area contributed by atoms with Crippen LogP contribution in [-0.4, -0.2) is 5.29 Å². The molecule has 0 aliphatic carbocycles. The van der Waals surface area contributed by atoms with Crippen molar-refractivity contribution in [2.75, 3.05) is 0 Å². The highest BCUT2D eigenvalue weighted by atomic mass is 31.0. The molecule has 0 atom stereocenters. The summed E-state index contributed by atoms with van der Waals surface area (Å²) in [6, 6.07) is 6.47. The van der Waals surface area contributed by atoms with E-state index in [1.54, 1.807) is 0 Å². The van der Waals surface area contributed by atoms with Crippen LogP contribution in [0.25, 0.3) is 0 Å². The second-order valence-corrected chi connectivity index (χ2v) is 5.03. The van der Waals surface area contributed by atoms with Gasteiger partial charge >= 0.3 is 0 Å². The van der Waals surface area contributed by atoms with Gasteiger partial charge in [0.15, 0.2) is 0 Å². The van der Waals surface area contributed by atoms with E-state index in [1.165, 1.54) is 41.2 Å². The Morgan fingerprint density at radius 3 is 1.94 bits per heavy atom. The molecule has 0 amide bonds. The van der Waals surface area contributed by atoms with Crippen LogP contribution in [0.3, 0.4) is 0 Å². The van der Waals surface area contributed by atoms with Crippen molar-refractivity contribution in [2.24, 2.45) is 0 Å². The summed E-state index contributed by atoms with van der Waals surface area (Å²) in [7, 11) is 3.51. The van der Waals surface area contributed by atoms with Crippen molar-refractivity contribution in [1.82, 2.24) is 0 Å². The van der Waals surface area contributed by atoms with Crippen molar-refractivity contribution < 1.29 is 0 Å². The lowest BCUT2D eigenvalue weighted by Gasteiger charge is -2.02. The second kappa shape index (κ2) is 8.53. The predicted octanol–water partition coefficient (Wildman–Crippen LogP) is 5.18. The van der Waals surface area contributed by atoms with E-state index in [0.717, 1.165) is 0 Å². The lowest BCUT2D eigenvalue weighted by atomic mass is 10.1. The molecule has 0 saturated heterocycles. The monoisotopic (exact) mass is 236 g/mol. The lowest BCUT2D eigenvalue weighted by molar-refractivity contribution is 0.772. The largest absolute Gasteiger partial charge is 0.118 e. The Balaban J connectivity index is 0.000000385. The van der Waals surface area contributed by atoms with E-state index in [4.69, 9.17) is 0 Å². The van der Waals surface area contributed by atoms with Crippen molar-refractivity contribution >= 4 is 14.2 Å². The third-order valence-corrected chi connectivity index (χ3v) is 2.94. The first-order chi connectivity index (χ1) is 7.52. The summed E-state index contributed by atoms with van der Waals surface area (Å²) in [6.45, 7) is 10.7. The second-order valence-electron chi connectivity index (χ2n) is 4.28.